The highest BCUT2D eigenvalue weighted by atomic mass is 16.4. The molecule has 0 bridgehead atoms. The van der Waals surface area contributed by atoms with Gasteiger partial charge in [0.25, 0.3) is 0 Å². The Morgan fingerprint density at radius 3 is 1.26 bits per heavy atom. The summed E-state index contributed by atoms with van der Waals surface area (Å²) >= 11 is 0. The van der Waals surface area contributed by atoms with Gasteiger partial charge in [0, 0.05) is 46.9 Å². The van der Waals surface area contributed by atoms with Crippen LogP contribution in [-0.2, 0) is 0 Å². The first-order valence-corrected chi connectivity index (χ1v) is 11.0. The van der Waals surface area contributed by atoms with Crippen molar-refractivity contribution in [3.05, 3.63) is 48.0 Å². The minimum absolute atomic E-state index is 0.269. The monoisotopic (exact) mass is 428 g/mol. The lowest BCUT2D eigenvalue weighted by Gasteiger charge is -2.15. The maximum absolute atomic E-state index is 11.0. The summed E-state index contributed by atoms with van der Waals surface area (Å²) in [4.78, 5) is 11.0. The van der Waals surface area contributed by atoms with Crippen molar-refractivity contribution in [1.29, 1.82) is 0 Å². The summed E-state index contributed by atoms with van der Waals surface area (Å²) in [5, 5.41) is 22.2. The molecule has 0 aromatic heterocycles. The van der Waals surface area contributed by atoms with Gasteiger partial charge in [-0.05, 0) is 91.8 Å². The largest absolute Gasteiger partial charge is 0.478 e. The topological polar surface area (TPSA) is 85.4 Å². The van der Waals surface area contributed by atoms with Crippen LogP contribution in [0.1, 0.15) is 65.7 Å². The van der Waals surface area contributed by atoms with Crippen molar-refractivity contribution < 1.29 is 9.90 Å². The Morgan fingerprint density at radius 2 is 0.935 bits per heavy atom. The summed E-state index contributed by atoms with van der Waals surface area (Å²) in [6.07, 6.45) is 0. The molecule has 0 spiro atoms. The minimum Gasteiger partial charge on any atom is -0.478 e. The van der Waals surface area contributed by atoms with Crippen molar-refractivity contribution in [2.24, 2.45) is 0 Å². The van der Waals surface area contributed by atoms with E-state index in [9.17, 15) is 4.79 Å². The Labute approximate surface area is 187 Å². The molecular weight excluding hydrogens is 388 g/mol. The second-order valence-electron chi connectivity index (χ2n) is 8.88. The Hall–Kier alpha value is -2.89. The van der Waals surface area contributed by atoms with E-state index in [-0.39, 0.29) is 12.1 Å². The number of benzene rings is 2. The van der Waals surface area contributed by atoms with Crippen LogP contribution < -0.4 is 21.3 Å². The maximum atomic E-state index is 11.0. The van der Waals surface area contributed by atoms with E-state index >= 15 is 0 Å². The van der Waals surface area contributed by atoms with Crippen LogP contribution in [-0.4, -0.2) is 35.2 Å². The molecule has 31 heavy (non-hydrogen) atoms. The molecule has 0 aliphatic carbocycles. The second kappa shape index (κ2) is 12.7. The molecule has 0 aliphatic rings. The van der Waals surface area contributed by atoms with Gasteiger partial charge >= 0.3 is 5.97 Å². The fraction of sp³-hybridized carbons (Fsp3) is 0.480. The summed E-state index contributed by atoms with van der Waals surface area (Å²) in [5.74, 6) is -0.913. The number of anilines is 4. The van der Waals surface area contributed by atoms with Gasteiger partial charge in [-0.3, -0.25) is 0 Å². The molecule has 0 aliphatic heterocycles. The first-order valence-electron chi connectivity index (χ1n) is 11.0. The van der Waals surface area contributed by atoms with E-state index in [1.165, 1.54) is 11.4 Å². The van der Waals surface area contributed by atoms with Gasteiger partial charge < -0.3 is 26.4 Å². The average molecular weight is 429 g/mol. The third-order valence-corrected chi connectivity index (χ3v) is 3.86. The van der Waals surface area contributed by atoms with Gasteiger partial charge in [0.05, 0.1) is 5.56 Å². The highest BCUT2D eigenvalue weighted by molar-refractivity contribution is 5.90. The Balaban J connectivity index is 0.000000316. The quantitative estimate of drug-likeness (QED) is 0.320. The van der Waals surface area contributed by atoms with Gasteiger partial charge in [0.1, 0.15) is 0 Å². The Kier molecular flexibility index (Phi) is 10.7. The van der Waals surface area contributed by atoms with Crippen LogP contribution in [0.2, 0.25) is 0 Å². The third kappa shape index (κ3) is 11.2. The lowest BCUT2D eigenvalue weighted by molar-refractivity contribution is 0.0697. The average Bonchev–Trinajstić information content (AvgIpc) is 2.60. The van der Waals surface area contributed by atoms with Gasteiger partial charge in [0.15, 0.2) is 0 Å². The number of carbonyl (C=O) groups is 1. The standard InChI is InChI=1S/C13H20N2O2.C12H20N2/c1-8(2)14-11-5-10(13(16)17)6-12(7-11)15-9(3)4;1-9(2)13-11-6-5-7-12(8-11)14-10(3)4/h5-9,14-15H,1-4H3,(H,16,17);5-10,13-14H,1-4H3. The number of rotatable bonds is 9. The molecule has 2 rings (SSSR count). The molecule has 2 aromatic rings. The lowest BCUT2D eigenvalue weighted by atomic mass is 10.1. The fourth-order valence-electron chi connectivity index (χ4n) is 2.95. The molecule has 0 heterocycles. The first kappa shape index (κ1) is 26.1. The van der Waals surface area contributed by atoms with E-state index in [2.05, 4.69) is 73.2 Å². The van der Waals surface area contributed by atoms with Crippen molar-refractivity contribution >= 4 is 28.7 Å². The van der Waals surface area contributed by atoms with Crippen LogP contribution in [0.5, 0.6) is 0 Å². The van der Waals surface area contributed by atoms with E-state index in [4.69, 9.17) is 5.11 Å². The first-order chi connectivity index (χ1) is 14.5. The molecular formula is C25H40N4O2. The molecule has 5 N–H and O–H groups in total. The van der Waals surface area contributed by atoms with E-state index < -0.39 is 5.97 Å². The minimum atomic E-state index is -0.913. The van der Waals surface area contributed by atoms with Crippen LogP contribution in [0.15, 0.2) is 42.5 Å². The van der Waals surface area contributed by atoms with E-state index in [0.717, 1.165) is 11.4 Å². The molecule has 6 nitrogen and oxygen atoms in total. The molecule has 0 fully saturated rings. The highest BCUT2D eigenvalue weighted by Crippen LogP contribution is 2.21. The van der Waals surface area contributed by atoms with E-state index in [1.54, 1.807) is 12.1 Å². The Bertz CT molecular complexity index is 763. The molecule has 2 aromatic carbocycles. The van der Waals surface area contributed by atoms with Gasteiger partial charge in [-0.2, -0.15) is 0 Å². The molecule has 0 atom stereocenters. The van der Waals surface area contributed by atoms with Gasteiger partial charge in [-0.25, -0.2) is 4.79 Å². The van der Waals surface area contributed by atoms with Crippen molar-refractivity contribution in [3.63, 3.8) is 0 Å². The normalized spacial score (nSPS) is 10.7. The van der Waals surface area contributed by atoms with Crippen LogP contribution in [0.25, 0.3) is 0 Å². The SMILES string of the molecule is CC(C)Nc1cc(NC(C)C)cc(C(=O)O)c1.CC(C)Nc1cccc(NC(C)C)c1. The van der Waals surface area contributed by atoms with Crippen LogP contribution in [0.3, 0.4) is 0 Å². The lowest BCUT2D eigenvalue weighted by Crippen LogP contribution is -2.13. The summed E-state index contributed by atoms with van der Waals surface area (Å²) in [7, 11) is 0. The molecule has 0 unspecified atom stereocenters. The van der Waals surface area contributed by atoms with Crippen LogP contribution in [0.4, 0.5) is 22.7 Å². The summed E-state index contributed by atoms with van der Waals surface area (Å²) in [6, 6.07) is 15.1. The predicted octanol–water partition coefficient (Wildman–Crippen LogP) is 6.35. The molecule has 0 radical (unpaired) electrons. The van der Waals surface area contributed by atoms with Gasteiger partial charge in [-0.15, -0.1) is 0 Å². The summed E-state index contributed by atoms with van der Waals surface area (Å²) in [5.41, 5.74) is 4.28. The zero-order valence-electron chi connectivity index (χ0n) is 20.2. The predicted molar refractivity (Wildman–Crippen MR) is 135 cm³/mol. The fourth-order valence-corrected chi connectivity index (χ4v) is 2.95. The number of hydrogen-bond donors (Lipinski definition) is 5. The number of aromatic carboxylic acids is 1. The van der Waals surface area contributed by atoms with Crippen molar-refractivity contribution in [3.8, 4) is 0 Å². The smallest absolute Gasteiger partial charge is 0.335 e. The van der Waals surface area contributed by atoms with Crippen LogP contribution >= 0.6 is 0 Å². The maximum Gasteiger partial charge on any atom is 0.335 e. The zero-order valence-corrected chi connectivity index (χ0v) is 20.2. The highest BCUT2D eigenvalue weighted by Gasteiger charge is 2.08. The number of hydrogen-bond acceptors (Lipinski definition) is 5. The summed E-state index contributed by atoms with van der Waals surface area (Å²) in [6.45, 7) is 16.6. The number of carboxylic acid groups (broad SMARTS) is 1. The van der Waals surface area contributed by atoms with Crippen LogP contribution in [0, 0.1) is 0 Å². The molecule has 0 saturated heterocycles. The van der Waals surface area contributed by atoms with Crippen molar-refractivity contribution in [2.75, 3.05) is 21.3 Å². The summed E-state index contributed by atoms with van der Waals surface area (Å²) < 4.78 is 0. The number of nitrogens with one attached hydrogen (secondary N) is 4. The van der Waals surface area contributed by atoms with Gasteiger partial charge in [0.2, 0.25) is 0 Å². The molecule has 0 amide bonds. The second-order valence-corrected chi connectivity index (χ2v) is 8.88. The molecule has 0 saturated carbocycles. The third-order valence-electron chi connectivity index (χ3n) is 3.86. The van der Waals surface area contributed by atoms with E-state index in [1.807, 2.05) is 33.8 Å². The Morgan fingerprint density at radius 1 is 0.613 bits per heavy atom. The molecule has 6 heteroatoms. The van der Waals surface area contributed by atoms with E-state index in [0.29, 0.717) is 17.6 Å². The number of carboxylic acids is 1. The zero-order chi connectivity index (χ0) is 23.6. The molecule has 172 valence electrons. The van der Waals surface area contributed by atoms with Gasteiger partial charge in [-0.1, -0.05) is 6.07 Å². The van der Waals surface area contributed by atoms with Crippen molar-refractivity contribution in [1.82, 2.24) is 0 Å². The van der Waals surface area contributed by atoms with Crippen molar-refractivity contribution in [2.45, 2.75) is 79.6 Å².